The van der Waals surface area contributed by atoms with Crippen molar-refractivity contribution in [2.24, 2.45) is 17.3 Å². The minimum Gasteiger partial charge on any atom is -0.314 e. The average molecular weight is 237 g/mol. The van der Waals surface area contributed by atoms with E-state index in [0.717, 1.165) is 17.9 Å². The molecule has 0 heterocycles. The van der Waals surface area contributed by atoms with Crippen LogP contribution in [0.25, 0.3) is 0 Å². The first-order chi connectivity index (χ1) is 8.05. The maximum Gasteiger partial charge on any atom is 0.00722 e. The fourth-order valence-electron chi connectivity index (χ4n) is 3.74. The summed E-state index contributed by atoms with van der Waals surface area (Å²) in [5, 5.41) is 3.86. The SMILES string of the molecule is CC1CCC(CNC2CCCC(C)(C)C2)CC1. The Bertz CT molecular complexity index is 226. The predicted molar refractivity (Wildman–Crippen MR) is 75.2 cm³/mol. The zero-order chi connectivity index (χ0) is 12.3. The molecule has 0 saturated heterocycles. The zero-order valence-electron chi connectivity index (χ0n) is 12.1. The summed E-state index contributed by atoms with van der Waals surface area (Å²) in [6, 6.07) is 0.804. The summed E-state index contributed by atoms with van der Waals surface area (Å²) >= 11 is 0. The van der Waals surface area contributed by atoms with Crippen molar-refractivity contribution < 1.29 is 0 Å². The van der Waals surface area contributed by atoms with Crippen molar-refractivity contribution in [2.75, 3.05) is 6.54 Å². The summed E-state index contributed by atoms with van der Waals surface area (Å²) in [5.41, 5.74) is 0.580. The second-order valence-electron chi connectivity index (χ2n) is 7.49. The minimum atomic E-state index is 0.580. The van der Waals surface area contributed by atoms with Crippen LogP contribution in [0, 0.1) is 17.3 Å². The number of hydrogen-bond acceptors (Lipinski definition) is 1. The van der Waals surface area contributed by atoms with E-state index in [0.29, 0.717) is 5.41 Å². The van der Waals surface area contributed by atoms with Gasteiger partial charge in [0, 0.05) is 6.04 Å². The highest BCUT2D eigenvalue weighted by atomic mass is 14.9. The molecule has 0 aromatic heterocycles. The van der Waals surface area contributed by atoms with Gasteiger partial charge in [0.15, 0.2) is 0 Å². The molecule has 2 rings (SSSR count). The Morgan fingerprint density at radius 3 is 2.41 bits per heavy atom. The topological polar surface area (TPSA) is 12.0 Å². The molecule has 0 aliphatic heterocycles. The van der Waals surface area contributed by atoms with Crippen LogP contribution in [0.15, 0.2) is 0 Å². The van der Waals surface area contributed by atoms with E-state index in [1.807, 2.05) is 0 Å². The van der Waals surface area contributed by atoms with Gasteiger partial charge in [0.05, 0.1) is 0 Å². The standard InChI is InChI=1S/C16H31N/c1-13-6-8-14(9-7-13)12-17-15-5-4-10-16(2,3)11-15/h13-15,17H,4-12H2,1-3H3. The smallest absolute Gasteiger partial charge is 0.00722 e. The average Bonchev–Trinajstić information content (AvgIpc) is 2.27. The van der Waals surface area contributed by atoms with Crippen LogP contribution in [-0.4, -0.2) is 12.6 Å². The van der Waals surface area contributed by atoms with Crippen LogP contribution < -0.4 is 5.32 Å². The van der Waals surface area contributed by atoms with Crippen LogP contribution in [0.5, 0.6) is 0 Å². The van der Waals surface area contributed by atoms with Crippen molar-refractivity contribution in [2.45, 2.75) is 78.2 Å². The highest BCUT2D eigenvalue weighted by molar-refractivity contribution is 4.84. The molecule has 1 nitrogen and oxygen atoms in total. The van der Waals surface area contributed by atoms with Gasteiger partial charge >= 0.3 is 0 Å². The predicted octanol–water partition coefficient (Wildman–Crippen LogP) is 4.37. The van der Waals surface area contributed by atoms with Gasteiger partial charge in [-0.05, 0) is 55.9 Å². The third-order valence-electron chi connectivity index (χ3n) is 5.04. The lowest BCUT2D eigenvalue weighted by Crippen LogP contribution is -2.40. The molecule has 0 spiro atoms. The van der Waals surface area contributed by atoms with Crippen molar-refractivity contribution in [3.63, 3.8) is 0 Å². The lowest BCUT2D eigenvalue weighted by atomic mass is 9.75. The molecule has 2 aliphatic carbocycles. The molecule has 1 N–H and O–H groups in total. The van der Waals surface area contributed by atoms with Crippen LogP contribution in [0.1, 0.15) is 72.1 Å². The largest absolute Gasteiger partial charge is 0.314 e. The van der Waals surface area contributed by atoms with Gasteiger partial charge in [0.2, 0.25) is 0 Å². The van der Waals surface area contributed by atoms with Crippen molar-refractivity contribution in [3.05, 3.63) is 0 Å². The Morgan fingerprint density at radius 1 is 1.06 bits per heavy atom. The molecular weight excluding hydrogens is 206 g/mol. The van der Waals surface area contributed by atoms with E-state index in [4.69, 9.17) is 0 Å². The fourth-order valence-corrected chi connectivity index (χ4v) is 3.74. The van der Waals surface area contributed by atoms with Crippen molar-refractivity contribution >= 4 is 0 Å². The van der Waals surface area contributed by atoms with E-state index in [1.54, 1.807) is 0 Å². The lowest BCUT2D eigenvalue weighted by molar-refractivity contribution is 0.186. The molecule has 1 atom stereocenters. The molecule has 0 aromatic carbocycles. The molecule has 0 aromatic rings. The molecule has 1 unspecified atom stereocenters. The van der Waals surface area contributed by atoms with Gasteiger partial charge < -0.3 is 5.32 Å². The molecular formula is C16H31N. The molecule has 2 aliphatic rings. The Kier molecular flexibility index (Phi) is 4.52. The van der Waals surface area contributed by atoms with Gasteiger partial charge in [-0.1, -0.05) is 40.0 Å². The van der Waals surface area contributed by atoms with Gasteiger partial charge in [-0.15, -0.1) is 0 Å². The van der Waals surface area contributed by atoms with Crippen LogP contribution in [0.2, 0.25) is 0 Å². The first-order valence-electron chi connectivity index (χ1n) is 7.78. The quantitative estimate of drug-likeness (QED) is 0.768. The monoisotopic (exact) mass is 237 g/mol. The second-order valence-corrected chi connectivity index (χ2v) is 7.49. The van der Waals surface area contributed by atoms with E-state index < -0.39 is 0 Å². The van der Waals surface area contributed by atoms with Gasteiger partial charge in [-0.2, -0.15) is 0 Å². The first-order valence-corrected chi connectivity index (χ1v) is 7.78. The zero-order valence-corrected chi connectivity index (χ0v) is 12.1. The van der Waals surface area contributed by atoms with E-state index in [9.17, 15) is 0 Å². The summed E-state index contributed by atoms with van der Waals surface area (Å²) in [6.45, 7) is 8.56. The molecule has 2 saturated carbocycles. The van der Waals surface area contributed by atoms with E-state index in [-0.39, 0.29) is 0 Å². The van der Waals surface area contributed by atoms with Crippen LogP contribution in [-0.2, 0) is 0 Å². The molecule has 1 heteroatoms. The normalized spacial score (nSPS) is 37.9. The molecule has 100 valence electrons. The van der Waals surface area contributed by atoms with Gasteiger partial charge in [0.1, 0.15) is 0 Å². The molecule has 2 fully saturated rings. The third kappa shape index (κ3) is 4.28. The highest BCUT2D eigenvalue weighted by Gasteiger charge is 2.28. The molecule has 0 bridgehead atoms. The Morgan fingerprint density at radius 2 is 1.76 bits per heavy atom. The fraction of sp³-hybridized carbons (Fsp3) is 1.00. The highest BCUT2D eigenvalue weighted by Crippen LogP contribution is 2.35. The van der Waals surface area contributed by atoms with Gasteiger partial charge in [0.25, 0.3) is 0 Å². The Balaban J connectivity index is 1.68. The first kappa shape index (κ1) is 13.4. The molecule has 0 amide bonds. The van der Waals surface area contributed by atoms with Crippen molar-refractivity contribution in [1.82, 2.24) is 5.32 Å². The summed E-state index contributed by atoms with van der Waals surface area (Å²) in [5.74, 6) is 1.95. The molecule has 0 radical (unpaired) electrons. The van der Waals surface area contributed by atoms with Gasteiger partial charge in [-0.25, -0.2) is 0 Å². The Labute approximate surface area is 108 Å². The van der Waals surface area contributed by atoms with Crippen LogP contribution >= 0.6 is 0 Å². The number of rotatable bonds is 3. The molecule has 17 heavy (non-hydrogen) atoms. The summed E-state index contributed by atoms with van der Waals surface area (Å²) < 4.78 is 0. The van der Waals surface area contributed by atoms with Gasteiger partial charge in [-0.3, -0.25) is 0 Å². The maximum atomic E-state index is 3.86. The van der Waals surface area contributed by atoms with E-state index in [2.05, 4.69) is 26.1 Å². The summed E-state index contributed by atoms with van der Waals surface area (Å²) in [4.78, 5) is 0. The Hall–Kier alpha value is -0.0400. The van der Waals surface area contributed by atoms with E-state index in [1.165, 1.54) is 57.9 Å². The van der Waals surface area contributed by atoms with E-state index >= 15 is 0 Å². The van der Waals surface area contributed by atoms with Crippen molar-refractivity contribution in [1.29, 1.82) is 0 Å². The van der Waals surface area contributed by atoms with Crippen LogP contribution in [0.3, 0.4) is 0 Å². The second kappa shape index (κ2) is 5.73. The third-order valence-corrected chi connectivity index (χ3v) is 5.04. The minimum absolute atomic E-state index is 0.580. The number of hydrogen-bond donors (Lipinski definition) is 1. The summed E-state index contributed by atoms with van der Waals surface area (Å²) in [7, 11) is 0. The van der Waals surface area contributed by atoms with Crippen LogP contribution in [0.4, 0.5) is 0 Å². The van der Waals surface area contributed by atoms with Crippen molar-refractivity contribution in [3.8, 4) is 0 Å². The number of nitrogens with one attached hydrogen (secondary N) is 1. The maximum absolute atomic E-state index is 3.86. The summed E-state index contributed by atoms with van der Waals surface area (Å²) in [6.07, 6.45) is 11.5. The lowest BCUT2D eigenvalue weighted by Gasteiger charge is -2.37.